The molecule has 4 heteroatoms. The Labute approximate surface area is 112 Å². The van der Waals surface area contributed by atoms with Crippen molar-refractivity contribution in [2.45, 2.75) is 44.9 Å². The molecule has 2 heterocycles. The summed E-state index contributed by atoms with van der Waals surface area (Å²) in [5.41, 5.74) is 1.16. The van der Waals surface area contributed by atoms with E-state index in [1.807, 2.05) is 30.3 Å². The van der Waals surface area contributed by atoms with Crippen LogP contribution in [0.15, 0.2) is 30.3 Å². The summed E-state index contributed by atoms with van der Waals surface area (Å²) in [5, 5.41) is 0. The van der Waals surface area contributed by atoms with Crippen LogP contribution in [0.5, 0.6) is 0 Å². The normalized spacial score (nSPS) is 33.8. The second kappa shape index (κ2) is 5.31. The maximum atomic E-state index is 11.4. The Kier molecular flexibility index (Phi) is 3.53. The van der Waals surface area contributed by atoms with Gasteiger partial charge in [-0.1, -0.05) is 37.3 Å². The molecule has 0 spiro atoms. The number of rotatable bonds is 3. The monoisotopic (exact) mass is 262 g/mol. The number of hydrogen-bond donors (Lipinski definition) is 0. The number of benzene rings is 1. The number of esters is 1. The van der Waals surface area contributed by atoms with Gasteiger partial charge in [-0.05, 0) is 5.56 Å². The summed E-state index contributed by atoms with van der Waals surface area (Å²) >= 11 is 0. The number of ether oxygens (including phenoxy) is 3. The Hall–Kier alpha value is -1.39. The van der Waals surface area contributed by atoms with E-state index < -0.39 is 6.29 Å². The van der Waals surface area contributed by atoms with Crippen LogP contribution in [0.2, 0.25) is 0 Å². The van der Waals surface area contributed by atoms with Crippen molar-refractivity contribution in [3.63, 3.8) is 0 Å². The average molecular weight is 262 g/mol. The Balaban J connectivity index is 1.61. The SMILES string of the molecule is C[C@@H]1[C@@H](OCc2ccccc2)C[C@@H]2OC(=O)C[C@H]1O2. The lowest BCUT2D eigenvalue weighted by Gasteiger charge is -2.42. The van der Waals surface area contributed by atoms with Crippen LogP contribution >= 0.6 is 0 Å². The van der Waals surface area contributed by atoms with Gasteiger partial charge in [-0.15, -0.1) is 0 Å². The molecule has 2 bridgehead atoms. The molecule has 0 aliphatic carbocycles. The van der Waals surface area contributed by atoms with Crippen molar-refractivity contribution < 1.29 is 19.0 Å². The van der Waals surface area contributed by atoms with E-state index in [9.17, 15) is 4.79 Å². The summed E-state index contributed by atoms with van der Waals surface area (Å²) in [6.45, 7) is 2.67. The quantitative estimate of drug-likeness (QED) is 0.784. The highest BCUT2D eigenvalue weighted by Gasteiger charge is 2.42. The molecule has 0 aromatic heterocycles. The molecule has 2 aliphatic heterocycles. The first-order valence-electron chi connectivity index (χ1n) is 6.73. The van der Waals surface area contributed by atoms with Gasteiger partial charge in [0.1, 0.15) is 0 Å². The Morgan fingerprint density at radius 3 is 2.89 bits per heavy atom. The predicted octanol–water partition coefficient (Wildman–Crippen LogP) is 2.27. The van der Waals surface area contributed by atoms with Crippen LogP contribution in [-0.2, 0) is 25.6 Å². The number of fused-ring (bicyclic) bond motifs is 2. The molecule has 0 unspecified atom stereocenters. The molecule has 0 radical (unpaired) electrons. The van der Waals surface area contributed by atoms with Crippen LogP contribution in [0.4, 0.5) is 0 Å². The van der Waals surface area contributed by atoms with Gasteiger partial charge in [-0.25, -0.2) is 0 Å². The van der Waals surface area contributed by atoms with Gasteiger partial charge >= 0.3 is 5.97 Å². The van der Waals surface area contributed by atoms with Gasteiger partial charge in [-0.3, -0.25) is 4.79 Å². The lowest BCUT2D eigenvalue weighted by Crippen LogP contribution is -2.50. The summed E-state index contributed by atoms with van der Waals surface area (Å²) in [4.78, 5) is 11.4. The van der Waals surface area contributed by atoms with E-state index in [1.54, 1.807) is 0 Å². The number of carbonyl (C=O) groups is 1. The Bertz CT molecular complexity index is 445. The maximum Gasteiger partial charge on any atom is 0.310 e. The minimum Gasteiger partial charge on any atom is -0.436 e. The first-order valence-corrected chi connectivity index (χ1v) is 6.73. The van der Waals surface area contributed by atoms with Crippen LogP contribution in [0.25, 0.3) is 0 Å². The minimum atomic E-state index is -0.428. The molecule has 0 amide bonds. The van der Waals surface area contributed by atoms with E-state index in [2.05, 4.69) is 6.92 Å². The lowest BCUT2D eigenvalue weighted by molar-refractivity contribution is -0.262. The zero-order chi connectivity index (χ0) is 13.2. The van der Waals surface area contributed by atoms with Gasteiger partial charge in [0.2, 0.25) is 6.29 Å². The molecule has 3 rings (SSSR count). The Morgan fingerprint density at radius 2 is 2.11 bits per heavy atom. The number of hydrogen-bond acceptors (Lipinski definition) is 4. The van der Waals surface area contributed by atoms with Gasteiger partial charge in [0.05, 0.1) is 25.2 Å². The first-order chi connectivity index (χ1) is 9.22. The predicted molar refractivity (Wildman–Crippen MR) is 68.2 cm³/mol. The molecular formula is C15H18O4. The molecule has 0 saturated carbocycles. The summed E-state index contributed by atoms with van der Waals surface area (Å²) in [6, 6.07) is 10.1. The summed E-state index contributed by atoms with van der Waals surface area (Å²) in [7, 11) is 0. The molecule has 1 aromatic rings. The molecule has 19 heavy (non-hydrogen) atoms. The third-order valence-electron chi connectivity index (χ3n) is 3.86. The fourth-order valence-corrected chi connectivity index (χ4v) is 2.68. The molecule has 102 valence electrons. The van der Waals surface area contributed by atoms with Crippen molar-refractivity contribution in [3.05, 3.63) is 35.9 Å². The van der Waals surface area contributed by atoms with Crippen LogP contribution in [0.1, 0.15) is 25.3 Å². The second-order valence-electron chi connectivity index (χ2n) is 5.23. The molecule has 1 aromatic carbocycles. The highest BCUT2D eigenvalue weighted by Crippen LogP contribution is 2.34. The topological polar surface area (TPSA) is 44.8 Å². The third kappa shape index (κ3) is 2.80. The van der Waals surface area contributed by atoms with E-state index in [1.165, 1.54) is 0 Å². The van der Waals surface area contributed by atoms with Gasteiger partial charge in [0, 0.05) is 12.3 Å². The zero-order valence-electron chi connectivity index (χ0n) is 11.0. The van der Waals surface area contributed by atoms with Crippen molar-refractivity contribution in [2.75, 3.05) is 0 Å². The second-order valence-corrected chi connectivity index (χ2v) is 5.23. The Morgan fingerprint density at radius 1 is 1.32 bits per heavy atom. The smallest absolute Gasteiger partial charge is 0.310 e. The van der Waals surface area contributed by atoms with Gasteiger partial charge in [0.25, 0.3) is 0 Å². The lowest BCUT2D eigenvalue weighted by atomic mass is 9.89. The van der Waals surface area contributed by atoms with Crippen molar-refractivity contribution >= 4 is 5.97 Å². The number of carbonyl (C=O) groups excluding carboxylic acids is 1. The van der Waals surface area contributed by atoms with E-state index in [0.717, 1.165) is 5.56 Å². The largest absolute Gasteiger partial charge is 0.436 e. The van der Waals surface area contributed by atoms with Crippen LogP contribution in [0.3, 0.4) is 0 Å². The molecule has 2 saturated heterocycles. The van der Waals surface area contributed by atoms with E-state index in [4.69, 9.17) is 14.2 Å². The fourth-order valence-electron chi connectivity index (χ4n) is 2.68. The molecule has 4 atom stereocenters. The average Bonchev–Trinajstić information content (AvgIpc) is 2.42. The minimum absolute atomic E-state index is 0.0687. The first kappa shape index (κ1) is 12.6. The summed E-state index contributed by atoms with van der Waals surface area (Å²) in [6.07, 6.45) is 0.542. The molecule has 4 nitrogen and oxygen atoms in total. The van der Waals surface area contributed by atoms with Gasteiger partial charge < -0.3 is 14.2 Å². The van der Waals surface area contributed by atoms with Gasteiger partial charge in [0.15, 0.2) is 0 Å². The van der Waals surface area contributed by atoms with Crippen LogP contribution in [0, 0.1) is 5.92 Å². The zero-order valence-corrected chi connectivity index (χ0v) is 11.0. The molecule has 0 N–H and O–H groups in total. The maximum absolute atomic E-state index is 11.4. The van der Waals surface area contributed by atoms with Crippen molar-refractivity contribution in [1.29, 1.82) is 0 Å². The standard InChI is InChI=1S/C15H18O4/c1-10-12(17-9-11-5-3-2-4-6-11)8-15-18-13(10)7-14(16)19-15/h2-6,10,12-13,15H,7-9H2,1H3/t10-,12+,13-,15+/m1/s1. The van der Waals surface area contributed by atoms with E-state index >= 15 is 0 Å². The van der Waals surface area contributed by atoms with E-state index in [-0.39, 0.29) is 24.1 Å². The van der Waals surface area contributed by atoms with Crippen LogP contribution < -0.4 is 0 Å². The van der Waals surface area contributed by atoms with Crippen molar-refractivity contribution in [3.8, 4) is 0 Å². The van der Waals surface area contributed by atoms with Gasteiger partial charge in [-0.2, -0.15) is 0 Å². The molecule has 2 fully saturated rings. The highest BCUT2D eigenvalue weighted by molar-refractivity contribution is 5.70. The summed E-state index contributed by atoms with van der Waals surface area (Å²) in [5.74, 6) is 0.0578. The fraction of sp³-hybridized carbons (Fsp3) is 0.533. The highest BCUT2D eigenvalue weighted by atomic mass is 16.7. The van der Waals surface area contributed by atoms with Crippen molar-refractivity contribution in [1.82, 2.24) is 0 Å². The van der Waals surface area contributed by atoms with Crippen molar-refractivity contribution in [2.24, 2.45) is 5.92 Å². The molecular weight excluding hydrogens is 244 g/mol. The van der Waals surface area contributed by atoms with E-state index in [0.29, 0.717) is 19.4 Å². The third-order valence-corrected chi connectivity index (χ3v) is 3.86. The molecule has 2 aliphatic rings. The summed E-state index contributed by atoms with van der Waals surface area (Å²) < 4.78 is 16.8. The van der Waals surface area contributed by atoms with Crippen LogP contribution in [-0.4, -0.2) is 24.5 Å².